The maximum absolute atomic E-state index is 5.78. The Hall–Kier alpha value is -1.62. The first kappa shape index (κ1) is 12.8. The van der Waals surface area contributed by atoms with Gasteiger partial charge in [-0.05, 0) is 18.2 Å². The third kappa shape index (κ3) is 3.20. The minimum Gasteiger partial charge on any atom is -0.384 e. The second kappa shape index (κ2) is 5.35. The van der Waals surface area contributed by atoms with Crippen LogP contribution in [0.5, 0.6) is 0 Å². The molecule has 0 unspecified atom stereocenters. The quantitative estimate of drug-likeness (QED) is 0.908. The molecular formula is C13H15BrN4. The van der Waals surface area contributed by atoms with E-state index in [0.717, 1.165) is 16.0 Å². The highest BCUT2D eigenvalue weighted by molar-refractivity contribution is 9.10. The number of hydrogen-bond donors (Lipinski definition) is 2. The minimum atomic E-state index is 0.247. The van der Waals surface area contributed by atoms with Crippen molar-refractivity contribution in [3.05, 3.63) is 40.6 Å². The van der Waals surface area contributed by atoms with E-state index in [-0.39, 0.29) is 5.92 Å². The number of rotatable bonds is 3. The van der Waals surface area contributed by atoms with Gasteiger partial charge in [0.1, 0.15) is 17.5 Å². The molecule has 94 valence electrons. The van der Waals surface area contributed by atoms with Crippen LogP contribution in [0, 0.1) is 0 Å². The normalized spacial score (nSPS) is 10.7. The average Bonchev–Trinajstić information content (AvgIpc) is 2.28. The number of halogens is 1. The van der Waals surface area contributed by atoms with Crippen molar-refractivity contribution in [3.63, 3.8) is 0 Å². The molecule has 0 aliphatic heterocycles. The fraction of sp³-hybridized carbons (Fsp3) is 0.231. The maximum atomic E-state index is 5.78. The van der Waals surface area contributed by atoms with Crippen molar-refractivity contribution in [2.24, 2.45) is 0 Å². The van der Waals surface area contributed by atoms with Crippen LogP contribution in [0.3, 0.4) is 0 Å². The van der Waals surface area contributed by atoms with Gasteiger partial charge in [0.25, 0.3) is 0 Å². The molecule has 0 saturated carbocycles. The number of anilines is 3. The lowest BCUT2D eigenvalue weighted by Gasteiger charge is -2.10. The Kier molecular flexibility index (Phi) is 3.81. The van der Waals surface area contributed by atoms with E-state index >= 15 is 0 Å². The molecule has 0 aliphatic carbocycles. The third-order valence-corrected chi connectivity index (χ3v) is 2.87. The second-order valence-electron chi connectivity index (χ2n) is 4.33. The molecule has 0 radical (unpaired) electrons. The van der Waals surface area contributed by atoms with Gasteiger partial charge in [0.15, 0.2) is 0 Å². The van der Waals surface area contributed by atoms with Gasteiger partial charge in [0.2, 0.25) is 0 Å². The van der Waals surface area contributed by atoms with Crippen molar-refractivity contribution in [1.82, 2.24) is 9.97 Å². The zero-order valence-corrected chi connectivity index (χ0v) is 11.9. The lowest BCUT2D eigenvalue weighted by Crippen LogP contribution is -2.04. The van der Waals surface area contributed by atoms with Crippen molar-refractivity contribution in [2.45, 2.75) is 19.8 Å². The van der Waals surface area contributed by atoms with Gasteiger partial charge in [0.05, 0.1) is 0 Å². The van der Waals surface area contributed by atoms with E-state index in [0.29, 0.717) is 11.6 Å². The summed E-state index contributed by atoms with van der Waals surface area (Å²) in [6, 6.07) is 9.61. The van der Waals surface area contributed by atoms with Crippen LogP contribution in [0.2, 0.25) is 0 Å². The molecule has 2 rings (SSSR count). The van der Waals surface area contributed by atoms with Crippen molar-refractivity contribution >= 4 is 33.3 Å². The summed E-state index contributed by atoms with van der Waals surface area (Å²) in [6.45, 7) is 4.08. The number of hydrogen-bond acceptors (Lipinski definition) is 4. The van der Waals surface area contributed by atoms with Gasteiger partial charge in [-0.2, -0.15) is 0 Å². The Labute approximate surface area is 115 Å². The summed E-state index contributed by atoms with van der Waals surface area (Å²) in [4.78, 5) is 8.65. The third-order valence-electron chi connectivity index (χ3n) is 2.38. The summed E-state index contributed by atoms with van der Waals surface area (Å²) < 4.78 is 1.01. The Bertz CT molecular complexity index is 554. The summed E-state index contributed by atoms with van der Waals surface area (Å²) in [5, 5.41) is 3.22. The summed E-state index contributed by atoms with van der Waals surface area (Å²) in [6.07, 6.45) is 0. The first-order valence-electron chi connectivity index (χ1n) is 5.71. The predicted molar refractivity (Wildman–Crippen MR) is 78.0 cm³/mol. The van der Waals surface area contributed by atoms with Crippen LogP contribution < -0.4 is 11.1 Å². The van der Waals surface area contributed by atoms with E-state index in [1.54, 1.807) is 6.07 Å². The minimum absolute atomic E-state index is 0.247. The monoisotopic (exact) mass is 306 g/mol. The molecule has 1 aromatic heterocycles. The Morgan fingerprint density at radius 3 is 2.67 bits per heavy atom. The van der Waals surface area contributed by atoms with Crippen LogP contribution >= 0.6 is 15.9 Å². The molecule has 3 N–H and O–H groups in total. The van der Waals surface area contributed by atoms with Crippen LogP contribution in [0.4, 0.5) is 17.3 Å². The molecule has 0 atom stereocenters. The summed E-state index contributed by atoms with van der Waals surface area (Å²) in [7, 11) is 0. The van der Waals surface area contributed by atoms with Gasteiger partial charge in [-0.15, -0.1) is 0 Å². The van der Waals surface area contributed by atoms with Crippen LogP contribution in [0.25, 0.3) is 0 Å². The fourth-order valence-corrected chi connectivity index (χ4v) is 1.92. The van der Waals surface area contributed by atoms with E-state index in [9.17, 15) is 0 Å². The molecule has 4 nitrogen and oxygen atoms in total. The zero-order valence-electron chi connectivity index (χ0n) is 10.3. The zero-order chi connectivity index (χ0) is 13.1. The molecule has 2 aromatic rings. The largest absolute Gasteiger partial charge is 0.384 e. The first-order valence-corrected chi connectivity index (χ1v) is 6.51. The SMILES string of the molecule is CC(C)c1nc(N)cc(Nc2cccc(Br)c2)n1. The molecule has 1 aromatic carbocycles. The van der Waals surface area contributed by atoms with Crippen molar-refractivity contribution < 1.29 is 0 Å². The van der Waals surface area contributed by atoms with Gasteiger partial charge in [-0.1, -0.05) is 35.8 Å². The van der Waals surface area contributed by atoms with Crippen molar-refractivity contribution in [3.8, 4) is 0 Å². The second-order valence-corrected chi connectivity index (χ2v) is 5.24. The van der Waals surface area contributed by atoms with Gasteiger partial charge in [-0.25, -0.2) is 9.97 Å². The highest BCUT2D eigenvalue weighted by Gasteiger charge is 2.06. The smallest absolute Gasteiger partial charge is 0.136 e. The summed E-state index contributed by atoms with van der Waals surface area (Å²) in [5.74, 6) is 2.18. The number of nitrogens with two attached hydrogens (primary N) is 1. The maximum Gasteiger partial charge on any atom is 0.136 e. The first-order chi connectivity index (χ1) is 8.54. The van der Waals surface area contributed by atoms with Crippen LogP contribution in [0.1, 0.15) is 25.6 Å². The van der Waals surface area contributed by atoms with Gasteiger partial charge in [0, 0.05) is 22.1 Å². The highest BCUT2D eigenvalue weighted by Crippen LogP contribution is 2.21. The molecule has 5 heteroatoms. The molecule has 0 amide bonds. The average molecular weight is 307 g/mol. The molecule has 0 aliphatic rings. The topological polar surface area (TPSA) is 63.8 Å². The Balaban J connectivity index is 2.29. The lowest BCUT2D eigenvalue weighted by molar-refractivity contribution is 0.779. The molecule has 0 saturated heterocycles. The number of benzene rings is 1. The number of aromatic nitrogens is 2. The highest BCUT2D eigenvalue weighted by atomic mass is 79.9. The molecule has 0 spiro atoms. The van der Waals surface area contributed by atoms with E-state index in [1.165, 1.54) is 0 Å². The van der Waals surface area contributed by atoms with Gasteiger partial charge in [-0.3, -0.25) is 0 Å². The van der Waals surface area contributed by atoms with Crippen LogP contribution in [-0.2, 0) is 0 Å². The van der Waals surface area contributed by atoms with E-state index in [2.05, 4.69) is 31.2 Å². The Morgan fingerprint density at radius 1 is 1.22 bits per heavy atom. The molecule has 0 bridgehead atoms. The number of nitrogens with zero attached hydrogens (tertiary/aromatic N) is 2. The summed E-state index contributed by atoms with van der Waals surface area (Å²) >= 11 is 3.43. The van der Waals surface area contributed by atoms with E-state index < -0.39 is 0 Å². The van der Waals surface area contributed by atoms with Crippen LogP contribution in [0.15, 0.2) is 34.8 Å². The van der Waals surface area contributed by atoms with E-state index in [1.807, 2.05) is 38.1 Å². The predicted octanol–water partition coefficient (Wildman–Crippen LogP) is 3.69. The Morgan fingerprint density at radius 2 is 2.00 bits per heavy atom. The van der Waals surface area contributed by atoms with Crippen molar-refractivity contribution in [1.29, 1.82) is 0 Å². The number of nitrogens with one attached hydrogen (secondary N) is 1. The van der Waals surface area contributed by atoms with Gasteiger partial charge >= 0.3 is 0 Å². The molecule has 1 heterocycles. The standard InChI is InChI=1S/C13H15BrN4/c1-8(2)13-17-11(15)7-12(18-13)16-10-5-3-4-9(14)6-10/h3-8H,1-2H3,(H3,15,16,17,18). The molecule has 0 fully saturated rings. The van der Waals surface area contributed by atoms with Gasteiger partial charge < -0.3 is 11.1 Å². The van der Waals surface area contributed by atoms with Crippen LogP contribution in [-0.4, -0.2) is 9.97 Å². The molecule has 18 heavy (non-hydrogen) atoms. The lowest BCUT2D eigenvalue weighted by atomic mass is 10.2. The number of nitrogen functional groups attached to an aromatic ring is 1. The molecular weight excluding hydrogens is 292 g/mol. The summed E-state index contributed by atoms with van der Waals surface area (Å²) in [5.41, 5.74) is 6.74. The van der Waals surface area contributed by atoms with E-state index in [4.69, 9.17) is 5.73 Å². The fourth-order valence-electron chi connectivity index (χ4n) is 1.52. The van der Waals surface area contributed by atoms with Crippen molar-refractivity contribution in [2.75, 3.05) is 11.1 Å².